The van der Waals surface area contributed by atoms with E-state index < -0.39 is 0 Å². The zero-order valence-corrected chi connectivity index (χ0v) is 19.0. The van der Waals surface area contributed by atoms with Gasteiger partial charge in [0.2, 0.25) is 0 Å². The molecule has 0 radical (unpaired) electrons. The van der Waals surface area contributed by atoms with Crippen LogP contribution in [0.25, 0.3) is 10.1 Å². The summed E-state index contributed by atoms with van der Waals surface area (Å²) < 4.78 is 1.45. The van der Waals surface area contributed by atoms with E-state index in [1.807, 2.05) is 29.7 Å². The molecule has 1 aliphatic carbocycles. The molecule has 0 N–H and O–H groups in total. The Hall–Kier alpha value is -2.04. The van der Waals surface area contributed by atoms with Crippen LogP contribution in [-0.2, 0) is 4.79 Å². The Morgan fingerprint density at radius 2 is 1.97 bits per heavy atom. The third-order valence-electron chi connectivity index (χ3n) is 7.35. The van der Waals surface area contributed by atoms with Crippen LogP contribution in [0.4, 0.5) is 0 Å². The normalized spacial score (nSPS) is 21.5. The number of fused-ring (bicyclic) bond motifs is 1. The molecule has 4 heteroatoms. The minimum absolute atomic E-state index is 0.0518. The summed E-state index contributed by atoms with van der Waals surface area (Å²) in [4.78, 5) is 20.6. The average molecular weight is 433 g/mol. The number of pyridine rings is 1. The minimum atomic E-state index is -0.0518. The number of Topliss-reactive ketones (excluding diaryl/α,β-unsaturated/α-hetero) is 1. The SMILES string of the molecule is O=C(C1CCCCC1)C(CCN1CCC(c2cccc3ccsc23)C1)c1ccccn1. The van der Waals surface area contributed by atoms with Gasteiger partial charge < -0.3 is 4.90 Å². The second-order valence-corrected chi connectivity index (χ2v) is 10.2. The highest BCUT2D eigenvalue weighted by Crippen LogP contribution is 2.36. The number of thiophene rings is 1. The Labute approximate surface area is 189 Å². The van der Waals surface area contributed by atoms with E-state index in [1.165, 1.54) is 41.3 Å². The number of ketones is 1. The zero-order valence-electron chi connectivity index (χ0n) is 18.2. The van der Waals surface area contributed by atoms with Crippen molar-refractivity contribution in [2.45, 2.75) is 56.8 Å². The summed E-state index contributed by atoms with van der Waals surface area (Å²) in [5.41, 5.74) is 2.48. The van der Waals surface area contributed by atoms with Gasteiger partial charge in [-0.3, -0.25) is 9.78 Å². The number of hydrogen-bond acceptors (Lipinski definition) is 4. The van der Waals surface area contributed by atoms with Crippen LogP contribution in [0.3, 0.4) is 0 Å². The summed E-state index contributed by atoms with van der Waals surface area (Å²) in [7, 11) is 0. The molecule has 2 atom stereocenters. The maximum absolute atomic E-state index is 13.4. The molecule has 0 spiro atoms. The van der Waals surface area contributed by atoms with Gasteiger partial charge in [0.1, 0.15) is 5.78 Å². The van der Waals surface area contributed by atoms with E-state index in [9.17, 15) is 4.79 Å². The molecule has 1 aromatic carbocycles. The largest absolute Gasteiger partial charge is 0.303 e. The van der Waals surface area contributed by atoms with E-state index in [0.717, 1.165) is 44.6 Å². The molecule has 5 rings (SSSR count). The van der Waals surface area contributed by atoms with Crippen molar-refractivity contribution in [2.75, 3.05) is 19.6 Å². The van der Waals surface area contributed by atoms with Gasteiger partial charge >= 0.3 is 0 Å². The summed E-state index contributed by atoms with van der Waals surface area (Å²) in [6.07, 6.45) is 9.76. The molecule has 0 bridgehead atoms. The molecule has 3 nitrogen and oxygen atoms in total. The maximum atomic E-state index is 13.4. The zero-order chi connectivity index (χ0) is 21.0. The second-order valence-electron chi connectivity index (χ2n) is 9.31. The van der Waals surface area contributed by atoms with Crippen LogP contribution >= 0.6 is 11.3 Å². The number of aromatic nitrogens is 1. The quantitative estimate of drug-likeness (QED) is 0.432. The van der Waals surface area contributed by atoms with Gasteiger partial charge in [-0.2, -0.15) is 0 Å². The van der Waals surface area contributed by atoms with Gasteiger partial charge in [-0.15, -0.1) is 11.3 Å². The molecule has 2 aliphatic rings. The van der Waals surface area contributed by atoms with Gasteiger partial charge in [0.05, 0.1) is 11.6 Å². The maximum Gasteiger partial charge on any atom is 0.145 e. The smallest absolute Gasteiger partial charge is 0.145 e. The Morgan fingerprint density at radius 1 is 1.06 bits per heavy atom. The molecular formula is C27H32N2OS. The van der Waals surface area contributed by atoms with Gasteiger partial charge in [-0.25, -0.2) is 0 Å². The van der Waals surface area contributed by atoms with Crippen molar-refractivity contribution < 1.29 is 4.79 Å². The molecule has 1 saturated heterocycles. The minimum Gasteiger partial charge on any atom is -0.303 e. The van der Waals surface area contributed by atoms with E-state index in [-0.39, 0.29) is 11.8 Å². The summed E-state index contributed by atoms with van der Waals surface area (Å²) in [5.74, 6) is 1.23. The van der Waals surface area contributed by atoms with E-state index in [0.29, 0.717) is 11.7 Å². The highest BCUT2D eigenvalue weighted by atomic mass is 32.1. The molecule has 3 aromatic rings. The van der Waals surface area contributed by atoms with Crippen molar-refractivity contribution in [1.82, 2.24) is 9.88 Å². The summed E-state index contributed by atoms with van der Waals surface area (Å²) in [5, 5.41) is 3.57. The standard InChI is InChI=1S/C27H32N2OS/c30-26(20-7-2-1-3-8-20)24(25-11-4-5-15-28-25)13-17-29-16-12-22(19-29)23-10-6-9-21-14-18-31-27(21)23/h4-6,9-11,14-15,18,20,22,24H,1-3,7-8,12-13,16-17,19H2. The van der Waals surface area contributed by atoms with Gasteiger partial charge in [-0.1, -0.05) is 43.5 Å². The Balaban J connectivity index is 1.26. The average Bonchev–Trinajstić information content (AvgIpc) is 3.50. The number of hydrogen-bond donors (Lipinski definition) is 0. The fraction of sp³-hybridized carbons (Fsp3) is 0.481. The van der Waals surface area contributed by atoms with Crippen molar-refractivity contribution in [1.29, 1.82) is 0 Å². The summed E-state index contributed by atoms with van der Waals surface area (Å²) in [6.45, 7) is 3.21. The lowest BCUT2D eigenvalue weighted by molar-refractivity contribution is -0.125. The van der Waals surface area contributed by atoms with E-state index >= 15 is 0 Å². The van der Waals surface area contributed by atoms with Crippen molar-refractivity contribution in [2.24, 2.45) is 5.92 Å². The number of carbonyl (C=O) groups excluding carboxylic acids is 1. The molecule has 2 aromatic heterocycles. The first kappa shape index (κ1) is 20.8. The molecule has 2 unspecified atom stereocenters. The number of nitrogens with zero attached hydrogens (tertiary/aromatic N) is 2. The monoisotopic (exact) mass is 432 g/mol. The number of rotatable bonds is 7. The van der Waals surface area contributed by atoms with Gasteiger partial charge in [0.15, 0.2) is 0 Å². The summed E-state index contributed by atoms with van der Waals surface area (Å²) >= 11 is 1.87. The number of likely N-dealkylation sites (tertiary alicyclic amines) is 1. The highest BCUT2D eigenvalue weighted by molar-refractivity contribution is 7.17. The van der Waals surface area contributed by atoms with Crippen LogP contribution < -0.4 is 0 Å². The fourth-order valence-electron chi connectivity index (χ4n) is 5.63. The Bertz CT molecular complexity index is 1010. The van der Waals surface area contributed by atoms with E-state index in [1.54, 1.807) is 0 Å². The van der Waals surface area contributed by atoms with Gasteiger partial charge in [0.25, 0.3) is 0 Å². The lowest BCUT2D eigenvalue weighted by Crippen LogP contribution is -2.29. The first-order chi connectivity index (χ1) is 15.3. The second kappa shape index (κ2) is 9.62. The molecular weight excluding hydrogens is 400 g/mol. The molecule has 3 heterocycles. The van der Waals surface area contributed by atoms with Crippen molar-refractivity contribution in [3.8, 4) is 0 Å². The predicted octanol–water partition coefficient (Wildman–Crippen LogP) is 6.41. The lowest BCUT2D eigenvalue weighted by Gasteiger charge is -2.26. The lowest BCUT2D eigenvalue weighted by atomic mass is 9.79. The van der Waals surface area contributed by atoms with Crippen molar-refractivity contribution >= 4 is 27.2 Å². The Kier molecular flexibility index (Phi) is 6.47. The van der Waals surface area contributed by atoms with Gasteiger partial charge in [0, 0.05) is 23.4 Å². The first-order valence-corrected chi connectivity index (χ1v) is 12.8. The fourth-order valence-corrected chi connectivity index (χ4v) is 6.62. The predicted molar refractivity (Wildman–Crippen MR) is 129 cm³/mol. The van der Waals surface area contributed by atoms with Crippen molar-refractivity contribution in [3.05, 3.63) is 65.3 Å². The molecule has 0 amide bonds. The third-order valence-corrected chi connectivity index (χ3v) is 8.33. The van der Waals surface area contributed by atoms with Crippen LogP contribution in [0, 0.1) is 5.92 Å². The molecule has 2 fully saturated rings. The van der Waals surface area contributed by atoms with E-state index in [2.05, 4.69) is 45.6 Å². The summed E-state index contributed by atoms with van der Waals surface area (Å²) in [6, 6.07) is 15.0. The molecule has 162 valence electrons. The topological polar surface area (TPSA) is 33.2 Å². The third kappa shape index (κ3) is 4.61. The van der Waals surface area contributed by atoms with Crippen molar-refractivity contribution in [3.63, 3.8) is 0 Å². The highest BCUT2D eigenvalue weighted by Gasteiger charge is 2.32. The number of benzene rings is 1. The van der Waals surface area contributed by atoms with Crippen LogP contribution in [0.5, 0.6) is 0 Å². The van der Waals surface area contributed by atoms with Crippen LogP contribution in [0.2, 0.25) is 0 Å². The molecule has 31 heavy (non-hydrogen) atoms. The van der Waals surface area contributed by atoms with Gasteiger partial charge in [-0.05, 0) is 79.2 Å². The van der Waals surface area contributed by atoms with Crippen LogP contribution in [0.15, 0.2) is 54.0 Å². The Morgan fingerprint density at radius 3 is 2.81 bits per heavy atom. The van der Waals surface area contributed by atoms with Crippen LogP contribution in [0.1, 0.15) is 68.0 Å². The molecule has 1 aliphatic heterocycles. The van der Waals surface area contributed by atoms with E-state index in [4.69, 9.17) is 0 Å². The van der Waals surface area contributed by atoms with Crippen LogP contribution in [-0.4, -0.2) is 35.3 Å². The number of carbonyl (C=O) groups is 1. The first-order valence-electron chi connectivity index (χ1n) is 11.9. The molecule has 1 saturated carbocycles.